The molecule has 0 heterocycles. The number of allylic oxidation sites excluding steroid dienone is 3. The minimum Gasteiger partial charge on any atom is -0.394 e. The van der Waals surface area contributed by atoms with Crippen molar-refractivity contribution in [1.29, 1.82) is 0 Å². The lowest BCUT2D eigenvalue weighted by Crippen LogP contribution is -2.45. The summed E-state index contributed by atoms with van der Waals surface area (Å²) in [5.74, 6) is -0.0583. The summed E-state index contributed by atoms with van der Waals surface area (Å²) in [5.41, 5.74) is 0. The Labute approximate surface area is 377 Å². The van der Waals surface area contributed by atoms with Crippen LogP contribution in [0.2, 0.25) is 0 Å². The summed E-state index contributed by atoms with van der Waals surface area (Å²) in [6.07, 6.45) is 69.1. The van der Waals surface area contributed by atoms with E-state index in [0.717, 1.165) is 25.7 Å². The number of aliphatic hydroxyl groups is 2. The van der Waals surface area contributed by atoms with Crippen molar-refractivity contribution < 1.29 is 15.0 Å². The maximum atomic E-state index is 12.4. The summed E-state index contributed by atoms with van der Waals surface area (Å²) in [5, 5.41) is 23.1. The molecular formula is C56H109NO3. The monoisotopic (exact) mass is 844 g/mol. The number of nitrogens with one attached hydrogen (secondary N) is 1. The third-order valence-electron chi connectivity index (χ3n) is 12.9. The summed E-state index contributed by atoms with van der Waals surface area (Å²) in [6, 6.07) is -0.618. The molecular weight excluding hydrogens is 735 g/mol. The standard InChI is InChI=1S/C56H109NO3/c1-3-5-7-9-11-13-15-17-19-20-21-22-23-24-25-26-27-28-29-30-31-32-33-34-35-36-38-40-42-44-46-48-50-52-56(60)57-54(53-58)55(59)51-49-47-45-43-41-39-37-18-16-14-12-10-8-6-4-2/h20-21,49,51,54-55,58-59H,3-19,22-48,50,52-53H2,1-2H3,(H,57,60)/b21-20-,51-49+. The first-order valence-electron chi connectivity index (χ1n) is 27.6. The van der Waals surface area contributed by atoms with Gasteiger partial charge in [0, 0.05) is 6.42 Å². The maximum absolute atomic E-state index is 12.4. The first kappa shape index (κ1) is 58.9. The molecule has 60 heavy (non-hydrogen) atoms. The van der Waals surface area contributed by atoms with Gasteiger partial charge in [0.2, 0.25) is 5.91 Å². The van der Waals surface area contributed by atoms with Gasteiger partial charge in [-0.15, -0.1) is 0 Å². The number of carbonyl (C=O) groups excluding carboxylic acids is 1. The second kappa shape index (κ2) is 52.2. The molecule has 356 valence electrons. The van der Waals surface area contributed by atoms with Crippen molar-refractivity contribution in [3.63, 3.8) is 0 Å². The summed E-state index contributed by atoms with van der Waals surface area (Å²) in [6.45, 7) is 4.33. The largest absolute Gasteiger partial charge is 0.394 e. The van der Waals surface area contributed by atoms with E-state index >= 15 is 0 Å². The van der Waals surface area contributed by atoms with Crippen molar-refractivity contribution in [1.82, 2.24) is 5.32 Å². The van der Waals surface area contributed by atoms with E-state index in [4.69, 9.17) is 0 Å². The molecule has 0 rings (SSSR count). The molecule has 0 spiro atoms. The highest BCUT2D eigenvalue weighted by molar-refractivity contribution is 5.76. The molecule has 2 atom stereocenters. The SMILES string of the molecule is CCCCCCCCCC/C=C\CCCCCCCCCCCCCCCCCCCCCCCC(=O)NC(CO)C(O)/C=C/CCCCCCCCCCCCCCC. The quantitative estimate of drug-likeness (QED) is 0.0422. The molecule has 0 saturated carbocycles. The van der Waals surface area contributed by atoms with Crippen molar-refractivity contribution in [3.05, 3.63) is 24.3 Å². The lowest BCUT2D eigenvalue weighted by atomic mass is 10.0. The Morgan fingerprint density at radius 2 is 0.633 bits per heavy atom. The molecule has 4 heteroatoms. The molecule has 3 N–H and O–H groups in total. The van der Waals surface area contributed by atoms with E-state index in [9.17, 15) is 15.0 Å². The molecule has 0 fully saturated rings. The van der Waals surface area contributed by atoms with Crippen LogP contribution in [0, 0.1) is 0 Å². The van der Waals surface area contributed by atoms with Gasteiger partial charge in [-0.25, -0.2) is 0 Å². The zero-order valence-corrected chi connectivity index (χ0v) is 41.0. The molecule has 0 aliphatic heterocycles. The molecule has 0 saturated heterocycles. The van der Waals surface area contributed by atoms with Crippen LogP contribution in [0.25, 0.3) is 0 Å². The molecule has 0 aliphatic carbocycles. The van der Waals surface area contributed by atoms with Crippen LogP contribution in [0.15, 0.2) is 24.3 Å². The van der Waals surface area contributed by atoms with E-state index in [2.05, 4.69) is 31.3 Å². The highest BCUT2D eigenvalue weighted by Gasteiger charge is 2.18. The lowest BCUT2D eigenvalue weighted by molar-refractivity contribution is -0.123. The Kier molecular flexibility index (Phi) is 51.2. The highest BCUT2D eigenvalue weighted by Crippen LogP contribution is 2.17. The Morgan fingerprint density at radius 1 is 0.383 bits per heavy atom. The van der Waals surface area contributed by atoms with Crippen LogP contribution in [0.4, 0.5) is 0 Å². The average Bonchev–Trinajstić information content (AvgIpc) is 3.25. The summed E-state index contributed by atoms with van der Waals surface area (Å²) < 4.78 is 0. The third-order valence-corrected chi connectivity index (χ3v) is 12.9. The van der Waals surface area contributed by atoms with Gasteiger partial charge in [-0.1, -0.05) is 282 Å². The number of amides is 1. The number of carbonyl (C=O) groups is 1. The van der Waals surface area contributed by atoms with Gasteiger partial charge in [0.05, 0.1) is 18.8 Å². The topological polar surface area (TPSA) is 69.6 Å². The van der Waals surface area contributed by atoms with Crippen molar-refractivity contribution in [2.24, 2.45) is 0 Å². The van der Waals surface area contributed by atoms with Gasteiger partial charge in [0.25, 0.3) is 0 Å². The number of hydrogen-bond donors (Lipinski definition) is 3. The Bertz CT molecular complexity index is 871. The van der Waals surface area contributed by atoms with E-state index < -0.39 is 12.1 Å². The van der Waals surface area contributed by atoms with Crippen LogP contribution in [0.3, 0.4) is 0 Å². The maximum Gasteiger partial charge on any atom is 0.220 e. The molecule has 0 aromatic rings. The smallest absolute Gasteiger partial charge is 0.220 e. The normalized spacial score (nSPS) is 12.9. The fraction of sp³-hybridized carbons (Fsp3) is 0.911. The molecule has 4 nitrogen and oxygen atoms in total. The van der Waals surface area contributed by atoms with E-state index in [0.29, 0.717) is 6.42 Å². The summed E-state index contributed by atoms with van der Waals surface area (Å²) >= 11 is 0. The fourth-order valence-corrected chi connectivity index (χ4v) is 8.71. The Balaban J connectivity index is 3.41. The minimum atomic E-state index is -0.835. The van der Waals surface area contributed by atoms with Gasteiger partial charge >= 0.3 is 0 Å². The number of hydrogen-bond acceptors (Lipinski definition) is 3. The zero-order valence-electron chi connectivity index (χ0n) is 41.0. The predicted molar refractivity (Wildman–Crippen MR) is 267 cm³/mol. The second-order valence-corrected chi connectivity index (χ2v) is 19.0. The van der Waals surface area contributed by atoms with E-state index in [1.165, 1.54) is 263 Å². The van der Waals surface area contributed by atoms with Crippen LogP contribution in [0.5, 0.6) is 0 Å². The van der Waals surface area contributed by atoms with Gasteiger partial charge in [-0.05, 0) is 44.9 Å². The summed E-state index contributed by atoms with van der Waals surface area (Å²) in [7, 11) is 0. The van der Waals surface area contributed by atoms with Crippen molar-refractivity contribution in [2.45, 2.75) is 321 Å². The van der Waals surface area contributed by atoms with E-state index in [1.54, 1.807) is 6.08 Å². The van der Waals surface area contributed by atoms with Gasteiger partial charge in [-0.2, -0.15) is 0 Å². The van der Waals surface area contributed by atoms with Gasteiger partial charge < -0.3 is 15.5 Å². The van der Waals surface area contributed by atoms with Gasteiger partial charge in [0.1, 0.15) is 0 Å². The molecule has 0 aromatic heterocycles. The first-order valence-corrected chi connectivity index (χ1v) is 27.6. The van der Waals surface area contributed by atoms with Crippen LogP contribution in [-0.2, 0) is 4.79 Å². The number of unbranched alkanes of at least 4 members (excludes halogenated alkanes) is 42. The minimum absolute atomic E-state index is 0.0583. The fourth-order valence-electron chi connectivity index (χ4n) is 8.71. The molecule has 0 aliphatic rings. The average molecular weight is 844 g/mol. The zero-order chi connectivity index (χ0) is 43.5. The number of rotatable bonds is 51. The van der Waals surface area contributed by atoms with E-state index in [-0.39, 0.29) is 12.5 Å². The highest BCUT2D eigenvalue weighted by atomic mass is 16.3. The number of aliphatic hydroxyl groups excluding tert-OH is 2. The summed E-state index contributed by atoms with van der Waals surface area (Å²) in [4.78, 5) is 12.4. The Hall–Kier alpha value is -1.13. The Morgan fingerprint density at radius 3 is 0.917 bits per heavy atom. The van der Waals surface area contributed by atoms with Gasteiger partial charge in [-0.3, -0.25) is 4.79 Å². The van der Waals surface area contributed by atoms with Crippen LogP contribution in [-0.4, -0.2) is 34.9 Å². The van der Waals surface area contributed by atoms with Crippen molar-refractivity contribution in [2.75, 3.05) is 6.61 Å². The van der Waals surface area contributed by atoms with Crippen molar-refractivity contribution >= 4 is 5.91 Å². The van der Waals surface area contributed by atoms with E-state index in [1.807, 2.05) is 6.08 Å². The molecule has 0 radical (unpaired) electrons. The van der Waals surface area contributed by atoms with Crippen LogP contribution >= 0.6 is 0 Å². The third kappa shape index (κ3) is 47.9. The lowest BCUT2D eigenvalue weighted by Gasteiger charge is -2.20. The van der Waals surface area contributed by atoms with Crippen LogP contribution < -0.4 is 5.32 Å². The van der Waals surface area contributed by atoms with Gasteiger partial charge in [0.15, 0.2) is 0 Å². The molecule has 2 unspecified atom stereocenters. The predicted octanol–water partition coefficient (Wildman–Crippen LogP) is 17.9. The van der Waals surface area contributed by atoms with Crippen LogP contribution in [0.1, 0.15) is 309 Å². The molecule has 0 aromatic carbocycles. The molecule has 0 bridgehead atoms. The molecule has 1 amide bonds. The van der Waals surface area contributed by atoms with Crippen molar-refractivity contribution in [3.8, 4) is 0 Å². The second-order valence-electron chi connectivity index (χ2n) is 19.0. The first-order chi connectivity index (χ1) is 29.7.